The molecule has 1 fully saturated rings. The van der Waals surface area contributed by atoms with Gasteiger partial charge in [-0.25, -0.2) is 4.79 Å². The van der Waals surface area contributed by atoms with Crippen LogP contribution in [0.25, 0.3) is 0 Å². The molecule has 24 heavy (non-hydrogen) atoms. The molecular weight excluding hydrogens is 330 g/mol. The lowest BCUT2D eigenvalue weighted by molar-refractivity contribution is -0.131. The molecule has 126 valence electrons. The first-order valence-electron chi connectivity index (χ1n) is 7.65. The van der Waals surface area contributed by atoms with Crippen molar-refractivity contribution in [1.29, 1.82) is 0 Å². The second-order valence-electron chi connectivity index (χ2n) is 6.08. The quantitative estimate of drug-likeness (QED) is 0.863. The van der Waals surface area contributed by atoms with Gasteiger partial charge in [0.05, 0.1) is 5.69 Å². The Morgan fingerprint density at radius 1 is 1.33 bits per heavy atom. The van der Waals surface area contributed by atoms with Crippen LogP contribution < -0.4 is 5.32 Å². The number of carbonyl (C=O) groups is 2. The molecule has 1 aromatic carbocycles. The molecule has 3 amide bonds. The number of nitrogens with one attached hydrogen (secondary N) is 1. The number of aryl methyl sites for hydroxylation is 2. The maximum atomic E-state index is 12.8. The number of hydrogen-bond donors (Lipinski definition) is 1. The molecule has 2 heterocycles. The van der Waals surface area contributed by atoms with Crippen molar-refractivity contribution in [2.75, 3.05) is 6.54 Å². The van der Waals surface area contributed by atoms with Gasteiger partial charge in [0.15, 0.2) is 0 Å². The van der Waals surface area contributed by atoms with Crippen LogP contribution in [0.5, 0.6) is 0 Å². The van der Waals surface area contributed by atoms with Gasteiger partial charge in [0.2, 0.25) is 0 Å². The van der Waals surface area contributed by atoms with Crippen molar-refractivity contribution >= 4 is 23.5 Å². The van der Waals surface area contributed by atoms with Gasteiger partial charge in [-0.1, -0.05) is 28.9 Å². The summed E-state index contributed by atoms with van der Waals surface area (Å²) >= 11 is 6.01. The van der Waals surface area contributed by atoms with Crippen molar-refractivity contribution in [2.45, 2.75) is 32.7 Å². The second-order valence-corrected chi connectivity index (χ2v) is 6.51. The highest BCUT2D eigenvalue weighted by Crippen LogP contribution is 2.30. The van der Waals surface area contributed by atoms with Crippen LogP contribution in [0.3, 0.4) is 0 Å². The summed E-state index contributed by atoms with van der Waals surface area (Å²) in [5.74, 6) is 0.415. The van der Waals surface area contributed by atoms with E-state index in [-0.39, 0.29) is 12.5 Å². The average molecular weight is 348 g/mol. The summed E-state index contributed by atoms with van der Waals surface area (Å²) in [6.45, 7) is 5.61. The molecular formula is C17H18ClN3O3. The van der Waals surface area contributed by atoms with E-state index in [0.29, 0.717) is 22.8 Å². The van der Waals surface area contributed by atoms with E-state index < -0.39 is 11.6 Å². The van der Waals surface area contributed by atoms with Crippen molar-refractivity contribution in [3.8, 4) is 0 Å². The number of benzene rings is 1. The van der Waals surface area contributed by atoms with Gasteiger partial charge in [0, 0.05) is 17.1 Å². The number of carbonyl (C=O) groups excluding carboxylic acids is 2. The summed E-state index contributed by atoms with van der Waals surface area (Å²) in [6, 6.07) is 6.55. The second kappa shape index (κ2) is 5.94. The third-order valence-corrected chi connectivity index (χ3v) is 4.68. The highest BCUT2D eigenvalue weighted by atomic mass is 35.5. The average Bonchev–Trinajstić information content (AvgIpc) is 2.96. The van der Waals surface area contributed by atoms with E-state index in [0.717, 1.165) is 11.3 Å². The minimum atomic E-state index is -1.11. The smallest absolute Gasteiger partial charge is 0.325 e. The summed E-state index contributed by atoms with van der Waals surface area (Å²) in [6.07, 6.45) is 0.506. The molecule has 2 aromatic rings. The number of nitrogens with zero attached hydrogens (tertiary/aromatic N) is 2. The van der Waals surface area contributed by atoms with E-state index in [4.69, 9.17) is 16.1 Å². The van der Waals surface area contributed by atoms with Crippen LogP contribution in [0.15, 0.2) is 28.8 Å². The minimum absolute atomic E-state index is 0.268. The largest absolute Gasteiger partial charge is 0.361 e. The summed E-state index contributed by atoms with van der Waals surface area (Å²) in [5, 5.41) is 7.18. The zero-order chi connectivity index (χ0) is 17.5. The molecule has 0 unspecified atom stereocenters. The minimum Gasteiger partial charge on any atom is -0.361 e. The van der Waals surface area contributed by atoms with Gasteiger partial charge in [-0.3, -0.25) is 9.69 Å². The van der Waals surface area contributed by atoms with Gasteiger partial charge in [0.1, 0.15) is 11.3 Å². The first-order chi connectivity index (χ1) is 11.3. The Labute approximate surface area is 144 Å². The van der Waals surface area contributed by atoms with Gasteiger partial charge in [0.25, 0.3) is 5.91 Å². The highest BCUT2D eigenvalue weighted by molar-refractivity contribution is 6.30. The van der Waals surface area contributed by atoms with Gasteiger partial charge in [-0.15, -0.1) is 0 Å². The molecule has 0 saturated carbocycles. The Morgan fingerprint density at radius 2 is 2.08 bits per heavy atom. The number of amides is 3. The van der Waals surface area contributed by atoms with E-state index >= 15 is 0 Å². The monoisotopic (exact) mass is 347 g/mol. The molecule has 3 rings (SSSR count). The molecule has 1 N–H and O–H groups in total. The number of imide groups is 1. The van der Waals surface area contributed by atoms with E-state index in [2.05, 4.69) is 10.5 Å². The number of rotatable bonds is 4. The standard InChI is InChI=1S/C17H18ClN3O3/c1-10-14(11(2)24-20-10)7-8-21-15(22)17(3,19-16(21)23)12-5-4-6-13(18)9-12/h4-6,9H,7-8H2,1-3H3,(H,19,23)/t17-/m1/s1. The number of halogens is 1. The summed E-state index contributed by atoms with van der Waals surface area (Å²) in [7, 11) is 0. The fourth-order valence-electron chi connectivity index (χ4n) is 2.98. The highest BCUT2D eigenvalue weighted by Gasteiger charge is 2.48. The topological polar surface area (TPSA) is 75.4 Å². The summed E-state index contributed by atoms with van der Waals surface area (Å²) in [5.41, 5.74) is 1.25. The Hall–Kier alpha value is -2.34. The maximum Gasteiger partial charge on any atom is 0.325 e. The van der Waals surface area contributed by atoms with Crippen LogP contribution in [0, 0.1) is 13.8 Å². The van der Waals surface area contributed by atoms with E-state index in [1.807, 2.05) is 13.8 Å². The summed E-state index contributed by atoms with van der Waals surface area (Å²) in [4.78, 5) is 26.4. The molecule has 0 spiro atoms. The molecule has 1 atom stereocenters. The van der Waals surface area contributed by atoms with Crippen molar-refractivity contribution in [3.63, 3.8) is 0 Å². The van der Waals surface area contributed by atoms with Gasteiger partial charge < -0.3 is 9.84 Å². The molecule has 0 radical (unpaired) electrons. The Morgan fingerprint density at radius 3 is 2.71 bits per heavy atom. The number of hydrogen-bond acceptors (Lipinski definition) is 4. The lowest BCUT2D eigenvalue weighted by atomic mass is 9.92. The fourth-order valence-corrected chi connectivity index (χ4v) is 3.17. The van der Waals surface area contributed by atoms with Crippen molar-refractivity contribution in [1.82, 2.24) is 15.4 Å². The predicted molar refractivity (Wildman–Crippen MR) is 88.7 cm³/mol. The van der Waals surface area contributed by atoms with E-state index in [9.17, 15) is 9.59 Å². The molecule has 6 nitrogen and oxygen atoms in total. The van der Waals surface area contributed by atoms with E-state index in [1.54, 1.807) is 31.2 Å². The molecule has 1 aliphatic heterocycles. The van der Waals surface area contributed by atoms with E-state index in [1.165, 1.54) is 4.90 Å². The Bertz CT molecular complexity index is 798. The lowest BCUT2D eigenvalue weighted by Gasteiger charge is -2.22. The van der Waals surface area contributed by atoms with Crippen molar-refractivity contribution in [3.05, 3.63) is 51.9 Å². The van der Waals surface area contributed by atoms with Gasteiger partial charge >= 0.3 is 6.03 Å². The number of urea groups is 1. The van der Waals surface area contributed by atoms with Crippen molar-refractivity contribution in [2.24, 2.45) is 0 Å². The summed E-state index contributed by atoms with van der Waals surface area (Å²) < 4.78 is 5.12. The molecule has 0 bridgehead atoms. The zero-order valence-corrected chi connectivity index (χ0v) is 14.5. The first kappa shape index (κ1) is 16.5. The van der Waals surface area contributed by atoms with Gasteiger partial charge in [-0.05, 0) is 44.9 Å². The normalized spacial score (nSPS) is 20.6. The predicted octanol–water partition coefficient (Wildman–Crippen LogP) is 2.95. The molecule has 0 aliphatic carbocycles. The first-order valence-corrected chi connectivity index (χ1v) is 8.02. The fraction of sp³-hybridized carbons (Fsp3) is 0.353. The lowest BCUT2D eigenvalue weighted by Crippen LogP contribution is -2.41. The van der Waals surface area contributed by atoms with Crippen LogP contribution in [-0.4, -0.2) is 28.5 Å². The van der Waals surface area contributed by atoms with Crippen LogP contribution in [0.4, 0.5) is 4.79 Å². The zero-order valence-electron chi connectivity index (χ0n) is 13.7. The Kier molecular flexibility index (Phi) is 4.09. The van der Waals surface area contributed by atoms with Gasteiger partial charge in [-0.2, -0.15) is 0 Å². The van der Waals surface area contributed by atoms with Crippen LogP contribution in [0.1, 0.15) is 29.5 Å². The third kappa shape index (κ3) is 2.67. The third-order valence-electron chi connectivity index (χ3n) is 4.44. The van der Waals surface area contributed by atoms with Crippen LogP contribution in [0.2, 0.25) is 5.02 Å². The SMILES string of the molecule is Cc1noc(C)c1CCN1C(=O)N[C@](C)(c2cccc(Cl)c2)C1=O. The van der Waals surface area contributed by atoms with Crippen LogP contribution >= 0.6 is 11.6 Å². The van der Waals surface area contributed by atoms with Crippen molar-refractivity contribution < 1.29 is 14.1 Å². The van der Waals surface area contributed by atoms with Crippen LogP contribution in [-0.2, 0) is 16.8 Å². The molecule has 1 saturated heterocycles. The maximum absolute atomic E-state index is 12.8. The molecule has 1 aromatic heterocycles. The molecule has 1 aliphatic rings. The molecule has 7 heteroatoms. The Balaban J connectivity index is 1.81. The number of aromatic nitrogens is 1.